The molecule has 0 N–H and O–H groups in total. The maximum absolute atomic E-state index is 11.8. The van der Waals surface area contributed by atoms with E-state index in [1.165, 1.54) is 34.6 Å². The molecule has 116 valence electrons. The van der Waals surface area contributed by atoms with Crippen molar-refractivity contribution in [3.05, 3.63) is 47.5 Å². The summed E-state index contributed by atoms with van der Waals surface area (Å²) < 4.78 is 0. The molecule has 1 saturated carbocycles. The molecule has 0 unspecified atom stereocenters. The van der Waals surface area contributed by atoms with Crippen LogP contribution in [0, 0.1) is 0 Å². The summed E-state index contributed by atoms with van der Waals surface area (Å²) in [5.74, 6) is 0.280. The molecule has 2 amide bonds. The van der Waals surface area contributed by atoms with Gasteiger partial charge in [-0.25, -0.2) is 0 Å². The molecule has 1 aliphatic heterocycles. The molecule has 0 spiro atoms. The average molecular weight is 297 g/mol. The molecular weight excluding hydrogens is 274 g/mol. The Bertz CT molecular complexity index is 562. The van der Waals surface area contributed by atoms with Crippen molar-refractivity contribution in [2.24, 2.45) is 0 Å². The van der Waals surface area contributed by atoms with Gasteiger partial charge in [-0.3, -0.25) is 14.5 Å². The molecule has 0 bridgehead atoms. The molecule has 0 radical (unpaired) electrons. The van der Waals surface area contributed by atoms with Gasteiger partial charge in [-0.1, -0.05) is 37.6 Å². The first kappa shape index (κ1) is 15.0. The smallest absolute Gasteiger partial charge is 0.253 e. The number of nitrogens with zero attached hydrogens (tertiary/aromatic N) is 1. The third-order valence-corrected chi connectivity index (χ3v) is 4.90. The van der Waals surface area contributed by atoms with Crippen LogP contribution in [0.25, 0.3) is 0 Å². The van der Waals surface area contributed by atoms with Crippen LogP contribution in [0.2, 0.25) is 0 Å². The Labute approximate surface area is 132 Å². The van der Waals surface area contributed by atoms with Crippen LogP contribution in [0.1, 0.15) is 56.1 Å². The summed E-state index contributed by atoms with van der Waals surface area (Å²) in [7, 11) is 0. The Morgan fingerprint density at radius 2 is 1.55 bits per heavy atom. The van der Waals surface area contributed by atoms with Crippen LogP contribution in [0.4, 0.5) is 0 Å². The van der Waals surface area contributed by atoms with E-state index in [2.05, 4.69) is 31.2 Å². The molecule has 3 heteroatoms. The normalized spacial score (nSPS) is 25.0. The summed E-state index contributed by atoms with van der Waals surface area (Å²) in [6, 6.07) is 9.07. The first-order valence-electron chi connectivity index (χ1n) is 8.33. The molecule has 1 heterocycles. The van der Waals surface area contributed by atoms with E-state index in [4.69, 9.17) is 0 Å². The number of hydrogen-bond acceptors (Lipinski definition) is 2. The summed E-state index contributed by atoms with van der Waals surface area (Å²) in [6.07, 6.45) is 9.03. The molecule has 1 aromatic rings. The second-order valence-corrected chi connectivity index (χ2v) is 6.38. The van der Waals surface area contributed by atoms with E-state index in [0.717, 1.165) is 32.1 Å². The van der Waals surface area contributed by atoms with E-state index in [9.17, 15) is 9.59 Å². The standard InChI is InChI=1S/C19H23NO2/c1-2-3-14-4-6-15(7-5-14)16-8-10-17(11-9-16)20-18(21)12-13-19(20)22/h4-7,12-13,16-17H,2-3,8-11H2,1H3. The SMILES string of the molecule is CCCc1ccc(C2CCC(N3C(=O)C=CC3=O)CC2)cc1. The Hall–Kier alpha value is -1.90. The molecule has 0 saturated heterocycles. The van der Waals surface area contributed by atoms with Gasteiger partial charge in [-0.05, 0) is 49.1 Å². The summed E-state index contributed by atoms with van der Waals surface area (Å²) >= 11 is 0. The maximum atomic E-state index is 11.8. The molecule has 22 heavy (non-hydrogen) atoms. The summed E-state index contributed by atoms with van der Waals surface area (Å²) in [5, 5.41) is 0. The minimum Gasteiger partial charge on any atom is -0.272 e. The lowest BCUT2D eigenvalue weighted by Crippen LogP contribution is -2.41. The zero-order valence-electron chi connectivity index (χ0n) is 13.1. The number of carbonyl (C=O) groups excluding carboxylic acids is 2. The van der Waals surface area contributed by atoms with Gasteiger partial charge >= 0.3 is 0 Å². The molecule has 1 aliphatic carbocycles. The van der Waals surface area contributed by atoms with Crippen LogP contribution in [0.15, 0.2) is 36.4 Å². The van der Waals surface area contributed by atoms with Gasteiger partial charge in [-0.2, -0.15) is 0 Å². The van der Waals surface area contributed by atoms with Crippen molar-refractivity contribution >= 4 is 11.8 Å². The first-order chi connectivity index (χ1) is 10.7. The maximum Gasteiger partial charge on any atom is 0.253 e. The number of carbonyl (C=O) groups is 2. The molecule has 1 aromatic carbocycles. The Morgan fingerprint density at radius 3 is 2.09 bits per heavy atom. The van der Waals surface area contributed by atoms with Crippen LogP contribution in [-0.2, 0) is 16.0 Å². The highest BCUT2D eigenvalue weighted by molar-refractivity contribution is 6.13. The van der Waals surface area contributed by atoms with Crippen LogP contribution in [0.3, 0.4) is 0 Å². The molecule has 3 rings (SSSR count). The van der Waals surface area contributed by atoms with Crippen molar-refractivity contribution in [1.29, 1.82) is 0 Å². The fourth-order valence-corrected chi connectivity index (χ4v) is 3.68. The second-order valence-electron chi connectivity index (χ2n) is 6.38. The van der Waals surface area contributed by atoms with Crippen LogP contribution < -0.4 is 0 Å². The highest BCUT2D eigenvalue weighted by Gasteiger charge is 2.34. The van der Waals surface area contributed by atoms with E-state index >= 15 is 0 Å². The predicted molar refractivity (Wildman–Crippen MR) is 86.4 cm³/mol. The number of hydrogen-bond donors (Lipinski definition) is 0. The van der Waals surface area contributed by atoms with Gasteiger partial charge in [0.05, 0.1) is 0 Å². The Morgan fingerprint density at radius 1 is 0.955 bits per heavy atom. The van der Waals surface area contributed by atoms with E-state index in [-0.39, 0.29) is 17.9 Å². The van der Waals surface area contributed by atoms with Gasteiger partial charge in [0.15, 0.2) is 0 Å². The minimum absolute atomic E-state index is 0.0885. The molecular formula is C19H23NO2. The summed E-state index contributed by atoms with van der Waals surface area (Å²) in [5.41, 5.74) is 2.80. The molecule has 0 aromatic heterocycles. The average Bonchev–Trinajstić information content (AvgIpc) is 2.88. The summed E-state index contributed by atoms with van der Waals surface area (Å²) in [4.78, 5) is 25.0. The number of benzene rings is 1. The van der Waals surface area contributed by atoms with E-state index < -0.39 is 0 Å². The van der Waals surface area contributed by atoms with Crippen molar-refractivity contribution in [2.45, 2.75) is 57.4 Å². The molecule has 2 aliphatic rings. The van der Waals surface area contributed by atoms with E-state index in [1.54, 1.807) is 0 Å². The van der Waals surface area contributed by atoms with Crippen LogP contribution in [0.5, 0.6) is 0 Å². The minimum atomic E-state index is -0.141. The monoisotopic (exact) mass is 297 g/mol. The number of imide groups is 1. The largest absolute Gasteiger partial charge is 0.272 e. The number of amides is 2. The fourth-order valence-electron chi connectivity index (χ4n) is 3.68. The highest BCUT2D eigenvalue weighted by atomic mass is 16.2. The van der Waals surface area contributed by atoms with Crippen LogP contribution in [-0.4, -0.2) is 22.8 Å². The van der Waals surface area contributed by atoms with Gasteiger partial charge < -0.3 is 0 Å². The molecule has 3 nitrogen and oxygen atoms in total. The third kappa shape index (κ3) is 2.99. The molecule has 1 fully saturated rings. The van der Waals surface area contributed by atoms with Crippen molar-refractivity contribution < 1.29 is 9.59 Å². The van der Waals surface area contributed by atoms with Gasteiger partial charge in [0.25, 0.3) is 11.8 Å². The van der Waals surface area contributed by atoms with Gasteiger partial charge in [-0.15, -0.1) is 0 Å². The number of rotatable bonds is 4. The second kappa shape index (κ2) is 6.47. The third-order valence-electron chi connectivity index (χ3n) is 4.90. The summed E-state index contributed by atoms with van der Waals surface area (Å²) in [6.45, 7) is 2.20. The lowest BCUT2D eigenvalue weighted by molar-refractivity contribution is -0.140. The van der Waals surface area contributed by atoms with Crippen molar-refractivity contribution in [3.63, 3.8) is 0 Å². The Balaban J connectivity index is 1.59. The quantitative estimate of drug-likeness (QED) is 0.796. The Kier molecular flexibility index (Phi) is 4.41. The zero-order valence-corrected chi connectivity index (χ0v) is 13.1. The van der Waals surface area contributed by atoms with Crippen molar-refractivity contribution in [2.75, 3.05) is 0 Å². The first-order valence-corrected chi connectivity index (χ1v) is 8.33. The molecule has 0 atom stereocenters. The van der Waals surface area contributed by atoms with Crippen molar-refractivity contribution in [3.8, 4) is 0 Å². The van der Waals surface area contributed by atoms with E-state index in [0.29, 0.717) is 5.92 Å². The van der Waals surface area contributed by atoms with Gasteiger partial charge in [0, 0.05) is 18.2 Å². The lowest BCUT2D eigenvalue weighted by atomic mass is 9.81. The highest BCUT2D eigenvalue weighted by Crippen LogP contribution is 2.35. The predicted octanol–water partition coefficient (Wildman–Crippen LogP) is 3.59. The van der Waals surface area contributed by atoms with Crippen molar-refractivity contribution in [1.82, 2.24) is 4.90 Å². The fraction of sp³-hybridized carbons (Fsp3) is 0.474. The lowest BCUT2D eigenvalue weighted by Gasteiger charge is -2.33. The topological polar surface area (TPSA) is 37.4 Å². The van der Waals surface area contributed by atoms with Crippen LogP contribution >= 0.6 is 0 Å². The van der Waals surface area contributed by atoms with Gasteiger partial charge in [0.2, 0.25) is 0 Å². The van der Waals surface area contributed by atoms with Gasteiger partial charge in [0.1, 0.15) is 0 Å². The zero-order chi connectivity index (χ0) is 15.5. The van der Waals surface area contributed by atoms with E-state index in [1.807, 2.05) is 0 Å². The number of aryl methyl sites for hydroxylation is 1.